The third-order valence-electron chi connectivity index (χ3n) is 2.54. The molecule has 0 saturated heterocycles. The van der Waals surface area contributed by atoms with E-state index < -0.39 is 11.4 Å². The van der Waals surface area contributed by atoms with Crippen LogP contribution in [-0.4, -0.2) is 26.7 Å². The summed E-state index contributed by atoms with van der Waals surface area (Å²) in [5.74, 6) is 0. The largest absolute Gasteiger partial charge is 0.598 e. The second-order valence-electron chi connectivity index (χ2n) is 5.62. The molecule has 0 amide bonds. The summed E-state index contributed by atoms with van der Waals surface area (Å²) in [6.07, 6.45) is 4.36. The first-order valence-corrected chi connectivity index (χ1v) is 7.05. The van der Waals surface area contributed by atoms with Crippen molar-refractivity contribution in [1.29, 1.82) is 0 Å². The Labute approximate surface area is 104 Å². The maximum atomic E-state index is 12.1. The number of allylic oxidation sites excluding steroid dienone is 2. The van der Waals surface area contributed by atoms with Crippen LogP contribution < -0.4 is 0 Å². The zero-order valence-electron chi connectivity index (χ0n) is 11.8. The standard InChI is InChI=1S/C13H27NOS/c1-11(2)9-8-10-12(3)14(7)16(15)13(4,5)6/h9,12H,8,10H2,1-7H3/t12?,16-/m1/s1. The van der Waals surface area contributed by atoms with Gasteiger partial charge in [0.05, 0.1) is 6.04 Å². The molecule has 0 N–H and O–H groups in total. The van der Waals surface area contributed by atoms with Crippen LogP contribution in [0.3, 0.4) is 0 Å². The Morgan fingerprint density at radius 1 is 1.38 bits per heavy atom. The van der Waals surface area contributed by atoms with E-state index in [9.17, 15) is 4.55 Å². The highest BCUT2D eigenvalue weighted by Crippen LogP contribution is 2.22. The molecular formula is C13H27NOS. The molecule has 3 heteroatoms. The molecule has 1 unspecified atom stereocenters. The van der Waals surface area contributed by atoms with Gasteiger partial charge in [-0.05, 0) is 54.4 Å². The fraction of sp³-hybridized carbons (Fsp3) is 0.846. The van der Waals surface area contributed by atoms with Crippen molar-refractivity contribution >= 4 is 11.4 Å². The molecule has 0 heterocycles. The molecule has 0 aromatic carbocycles. The predicted molar refractivity (Wildman–Crippen MR) is 73.8 cm³/mol. The van der Waals surface area contributed by atoms with E-state index in [2.05, 4.69) is 26.8 Å². The minimum atomic E-state index is -0.914. The van der Waals surface area contributed by atoms with Crippen LogP contribution in [0.2, 0.25) is 0 Å². The Morgan fingerprint density at radius 2 is 1.88 bits per heavy atom. The van der Waals surface area contributed by atoms with Crippen LogP contribution in [-0.2, 0) is 11.4 Å². The zero-order valence-corrected chi connectivity index (χ0v) is 12.6. The Balaban J connectivity index is 4.18. The van der Waals surface area contributed by atoms with Gasteiger partial charge in [-0.25, -0.2) is 0 Å². The first-order valence-electron chi connectivity index (χ1n) is 5.94. The van der Waals surface area contributed by atoms with Gasteiger partial charge in [-0.1, -0.05) is 11.6 Å². The van der Waals surface area contributed by atoms with Gasteiger partial charge in [-0.15, -0.1) is 4.31 Å². The lowest BCUT2D eigenvalue weighted by molar-refractivity contribution is 0.360. The molecule has 2 atom stereocenters. The molecule has 16 heavy (non-hydrogen) atoms. The SMILES string of the molecule is CC(C)=CCCC(C)N(C)[S@+]([O-])C(C)(C)C. The highest BCUT2D eigenvalue weighted by molar-refractivity contribution is 7.90. The second-order valence-corrected chi connectivity index (χ2v) is 7.91. The molecule has 0 rings (SSSR count). The molecule has 0 spiro atoms. The second kappa shape index (κ2) is 6.67. The Morgan fingerprint density at radius 3 is 2.25 bits per heavy atom. The topological polar surface area (TPSA) is 26.3 Å². The van der Waals surface area contributed by atoms with Crippen LogP contribution in [0.25, 0.3) is 0 Å². The van der Waals surface area contributed by atoms with Crippen molar-refractivity contribution in [2.75, 3.05) is 7.05 Å². The van der Waals surface area contributed by atoms with E-state index in [1.807, 2.05) is 32.1 Å². The summed E-state index contributed by atoms with van der Waals surface area (Å²) in [5.41, 5.74) is 1.35. The van der Waals surface area contributed by atoms with Gasteiger partial charge in [0, 0.05) is 18.4 Å². The van der Waals surface area contributed by atoms with Crippen LogP contribution >= 0.6 is 0 Å². The summed E-state index contributed by atoms with van der Waals surface area (Å²) in [6, 6.07) is 0.357. The molecule has 0 radical (unpaired) electrons. The lowest BCUT2D eigenvalue weighted by Crippen LogP contribution is -2.44. The normalized spacial score (nSPS) is 16.1. The Bertz CT molecular complexity index is 229. The monoisotopic (exact) mass is 245 g/mol. The van der Waals surface area contributed by atoms with Gasteiger partial charge in [0.2, 0.25) is 0 Å². The van der Waals surface area contributed by atoms with E-state index in [4.69, 9.17) is 0 Å². The van der Waals surface area contributed by atoms with E-state index >= 15 is 0 Å². The fourth-order valence-corrected chi connectivity index (χ4v) is 2.69. The van der Waals surface area contributed by atoms with E-state index in [-0.39, 0.29) is 4.75 Å². The Hall–Kier alpha value is 0.01000. The van der Waals surface area contributed by atoms with Crippen molar-refractivity contribution in [3.8, 4) is 0 Å². The van der Waals surface area contributed by atoms with Crippen LogP contribution in [0.4, 0.5) is 0 Å². The smallest absolute Gasteiger partial charge is 0.137 e. The van der Waals surface area contributed by atoms with E-state index in [1.165, 1.54) is 5.57 Å². The van der Waals surface area contributed by atoms with Gasteiger partial charge in [0.1, 0.15) is 4.75 Å². The first kappa shape index (κ1) is 16.0. The average molecular weight is 245 g/mol. The van der Waals surface area contributed by atoms with Crippen molar-refractivity contribution in [2.45, 2.75) is 65.2 Å². The summed E-state index contributed by atoms with van der Waals surface area (Å²) >= 11 is -0.914. The van der Waals surface area contributed by atoms with Gasteiger partial charge in [-0.3, -0.25) is 0 Å². The lowest BCUT2D eigenvalue weighted by Gasteiger charge is -2.33. The first-order chi connectivity index (χ1) is 7.16. The molecule has 0 aromatic rings. The molecular weight excluding hydrogens is 218 g/mol. The van der Waals surface area contributed by atoms with Crippen LogP contribution in [0.15, 0.2) is 11.6 Å². The fourth-order valence-electron chi connectivity index (χ4n) is 1.39. The van der Waals surface area contributed by atoms with Crippen molar-refractivity contribution in [1.82, 2.24) is 4.31 Å². The number of rotatable bonds is 5. The maximum absolute atomic E-state index is 12.1. The highest BCUT2D eigenvalue weighted by Gasteiger charge is 2.32. The summed E-state index contributed by atoms with van der Waals surface area (Å²) in [4.78, 5) is 0. The molecule has 2 nitrogen and oxygen atoms in total. The molecule has 0 aliphatic heterocycles. The van der Waals surface area contributed by atoms with Gasteiger partial charge < -0.3 is 4.55 Å². The third-order valence-corrected chi connectivity index (χ3v) is 4.47. The van der Waals surface area contributed by atoms with Gasteiger partial charge in [-0.2, -0.15) is 0 Å². The van der Waals surface area contributed by atoms with Crippen molar-refractivity contribution in [2.24, 2.45) is 0 Å². The van der Waals surface area contributed by atoms with Gasteiger partial charge in [0.15, 0.2) is 0 Å². The van der Waals surface area contributed by atoms with E-state index in [0.29, 0.717) is 6.04 Å². The Kier molecular flexibility index (Phi) is 6.68. The van der Waals surface area contributed by atoms with Crippen molar-refractivity contribution < 1.29 is 4.55 Å². The number of nitrogens with zero attached hydrogens (tertiary/aromatic N) is 1. The van der Waals surface area contributed by atoms with Crippen LogP contribution in [0.1, 0.15) is 54.4 Å². The number of hydrogen-bond acceptors (Lipinski definition) is 2. The quantitative estimate of drug-likeness (QED) is 0.547. The van der Waals surface area contributed by atoms with Crippen molar-refractivity contribution in [3.63, 3.8) is 0 Å². The van der Waals surface area contributed by atoms with E-state index in [0.717, 1.165) is 12.8 Å². The molecule has 0 saturated carbocycles. The minimum Gasteiger partial charge on any atom is -0.598 e. The predicted octanol–water partition coefficient (Wildman–Crippen LogP) is 3.52. The number of hydrogen-bond donors (Lipinski definition) is 0. The molecule has 0 aromatic heterocycles. The third kappa shape index (κ3) is 5.92. The van der Waals surface area contributed by atoms with Crippen LogP contribution in [0.5, 0.6) is 0 Å². The average Bonchev–Trinajstić information content (AvgIpc) is 2.13. The zero-order chi connectivity index (χ0) is 12.9. The highest BCUT2D eigenvalue weighted by atomic mass is 32.2. The molecule has 0 aliphatic carbocycles. The summed E-state index contributed by atoms with van der Waals surface area (Å²) in [6.45, 7) is 12.4. The minimum absolute atomic E-state index is 0.167. The molecule has 0 bridgehead atoms. The molecule has 96 valence electrons. The maximum Gasteiger partial charge on any atom is 0.137 e. The summed E-state index contributed by atoms with van der Waals surface area (Å²) < 4.78 is 13.9. The lowest BCUT2D eigenvalue weighted by atomic mass is 10.1. The van der Waals surface area contributed by atoms with Crippen molar-refractivity contribution in [3.05, 3.63) is 11.6 Å². The molecule has 0 fully saturated rings. The molecule has 0 aliphatic rings. The summed E-state index contributed by atoms with van der Waals surface area (Å²) in [7, 11) is 1.95. The summed E-state index contributed by atoms with van der Waals surface area (Å²) in [5, 5.41) is 0. The van der Waals surface area contributed by atoms with E-state index in [1.54, 1.807) is 0 Å². The van der Waals surface area contributed by atoms with Gasteiger partial charge in [0.25, 0.3) is 0 Å². The van der Waals surface area contributed by atoms with Gasteiger partial charge >= 0.3 is 0 Å². The van der Waals surface area contributed by atoms with Crippen LogP contribution in [0, 0.1) is 0 Å².